The number of allylic oxidation sites excluding steroid dienone is 6. The Kier molecular flexibility index (Phi) is 7.93. The van der Waals surface area contributed by atoms with Gasteiger partial charge in [0.2, 0.25) is 0 Å². The van der Waals surface area contributed by atoms with Crippen LogP contribution in [0.1, 0.15) is 52.7 Å². The van der Waals surface area contributed by atoms with Crippen molar-refractivity contribution in [2.24, 2.45) is 0 Å². The third kappa shape index (κ3) is 4.29. The number of para-hydroxylation sites is 2. The molecule has 0 radical (unpaired) electrons. The number of anilines is 4. The van der Waals surface area contributed by atoms with Gasteiger partial charge in [-0.25, -0.2) is 0 Å². The molecule has 2 aliphatic heterocycles. The summed E-state index contributed by atoms with van der Waals surface area (Å²) in [5.41, 5.74) is 10.8. The quantitative estimate of drug-likeness (QED) is 0.315. The maximum Gasteiger partial charge on any atom is 0.0523 e. The molecule has 0 unspecified atom stereocenters. The first-order valence-electron chi connectivity index (χ1n) is 14.1. The average Bonchev–Trinajstić information content (AvgIpc) is 2.97. The zero-order chi connectivity index (χ0) is 29.2. The molecule has 5 rings (SSSR count). The zero-order valence-corrected chi connectivity index (χ0v) is 25.0. The van der Waals surface area contributed by atoms with Crippen molar-refractivity contribution >= 4 is 22.7 Å². The Bertz CT molecular complexity index is 1400. The van der Waals surface area contributed by atoms with Gasteiger partial charge in [-0.3, -0.25) is 0 Å². The lowest BCUT2D eigenvalue weighted by Gasteiger charge is -2.47. The summed E-state index contributed by atoms with van der Waals surface area (Å²) in [6.45, 7) is 30.0. The van der Waals surface area contributed by atoms with Crippen LogP contribution in [0.4, 0.5) is 22.7 Å². The lowest BCUT2D eigenvalue weighted by molar-refractivity contribution is 0.598. The van der Waals surface area contributed by atoms with E-state index in [0.717, 1.165) is 45.3 Å². The number of benzene rings is 3. The van der Waals surface area contributed by atoms with E-state index in [1.165, 1.54) is 11.1 Å². The Morgan fingerprint density at radius 2 is 0.875 bits per heavy atom. The van der Waals surface area contributed by atoms with Crippen molar-refractivity contribution in [2.75, 3.05) is 9.80 Å². The molecule has 2 aliphatic rings. The van der Waals surface area contributed by atoms with Crippen molar-refractivity contribution < 1.29 is 0 Å². The lowest BCUT2D eigenvalue weighted by atomic mass is 9.68. The molecule has 0 aliphatic carbocycles. The van der Waals surface area contributed by atoms with E-state index < -0.39 is 0 Å². The first kappa shape index (κ1) is 28.7. The molecule has 3 aromatic carbocycles. The Morgan fingerprint density at radius 3 is 1.18 bits per heavy atom. The minimum atomic E-state index is -0.272. The van der Waals surface area contributed by atoms with Gasteiger partial charge in [-0.05, 0) is 70.8 Å². The second kappa shape index (κ2) is 11.1. The van der Waals surface area contributed by atoms with E-state index in [9.17, 15) is 0 Å². The third-order valence-corrected chi connectivity index (χ3v) is 8.15. The monoisotopic (exact) mass is 526 g/mol. The van der Waals surface area contributed by atoms with Crippen molar-refractivity contribution in [3.8, 4) is 0 Å². The minimum absolute atomic E-state index is 0.272. The van der Waals surface area contributed by atoms with E-state index >= 15 is 0 Å². The van der Waals surface area contributed by atoms with Crippen LogP contribution < -0.4 is 9.80 Å². The fourth-order valence-electron chi connectivity index (χ4n) is 6.21. The minimum Gasteiger partial charge on any atom is -0.310 e. The predicted octanol–water partition coefficient (Wildman–Crippen LogP) is 10.8. The normalized spacial score (nSPS) is 16.8. The number of fused-ring (bicyclic) bond motifs is 2. The van der Waals surface area contributed by atoms with Gasteiger partial charge in [0.1, 0.15) is 0 Å². The largest absolute Gasteiger partial charge is 0.310 e. The Morgan fingerprint density at radius 1 is 0.525 bits per heavy atom. The van der Waals surface area contributed by atoms with Crippen molar-refractivity contribution in [3.05, 3.63) is 157 Å². The van der Waals surface area contributed by atoms with E-state index in [1.54, 1.807) is 0 Å². The Labute approximate surface area is 241 Å². The van der Waals surface area contributed by atoms with Gasteiger partial charge in [0, 0.05) is 33.6 Å². The summed E-state index contributed by atoms with van der Waals surface area (Å²) in [7, 11) is 0. The molecule has 0 spiro atoms. The van der Waals surface area contributed by atoms with Crippen LogP contribution in [0.25, 0.3) is 0 Å². The summed E-state index contributed by atoms with van der Waals surface area (Å²) in [4.78, 5) is 4.64. The summed E-state index contributed by atoms with van der Waals surface area (Å²) in [5, 5.41) is 0. The molecule has 40 heavy (non-hydrogen) atoms. The highest BCUT2D eigenvalue weighted by molar-refractivity contribution is 5.87. The summed E-state index contributed by atoms with van der Waals surface area (Å²) in [5.74, 6) is 0. The first-order valence-corrected chi connectivity index (χ1v) is 14.1. The molecular weight excluding hydrogens is 484 g/mol. The number of hydrogen-bond donors (Lipinski definition) is 0. The average molecular weight is 527 g/mol. The third-order valence-electron chi connectivity index (χ3n) is 8.15. The van der Waals surface area contributed by atoms with E-state index in [4.69, 9.17) is 0 Å². The molecular formula is C38H42N2. The van der Waals surface area contributed by atoms with Gasteiger partial charge in [-0.15, -0.1) is 0 Å². The molecule has 0 saturated carbocycles. The molecule has 3 aromatic rings. The van der Waals surface area contributed by atoms with Crippen LogP contribution in [0, 0.1) is 0 Å². The molecule has 0 fully saturated rings. The highest BCUT2D eigenvalue weighted by Gasteiger charge is 2.42. The van der Waals surface area contributed by atoms with Crippen molar-refractivity contribution in [1.82, 2.24) is 0 Å². The highest BCUT2D eigenvalue weighted by Crippen LogP contribution is 2.56. The highest BCUT2D eigenvalue weighted by atomic mass is 15.2. The fourth-order valence-corrected chi connectivity index (χ4v) is 6.21. The molecule has 0 amide bonds. The summed E-state index contributed by atoms with van der Waals surface area (Å²) in [6.07, 6.45) is 7.89. The second-order valence-corrected chi connectivity index (χ2v) is 10.9. The van der Waals surface area contributed by atoms with Crippen LogP contribution >= 0.6 is 0 Å². The van der Waals surface area contributed by atoms with Gasteiger partial charge in [0.05, 0.1) is 11.4 Å². The maximum atomic E-state index is 4.23. The Hall–Kier alpha value is -4.30. The van der Waals surface area contributed by atoms with Gasteiger partial charge in [-0.2, -0.15) is 0 Å². The van der Waals surface area contributed by atoms with Crippen LogP contribution in [0.5, 0.6) is 0 Å². The number of hydrogen-bond acceptors (Lipinski definition) is 2. The smallest absolute Gasteiger partial charge is 0.0523 e. The molecule has 0 aromatic heterocycles. The summed E-state index contributed by atoms with van der Waals surface area (Å²) >= 11 is 0. The summed E-state index contributed by atoms with van der Waals surface area (Å²) in [6, 6.07) is 25.8. The van der Waals surface area contributed by atoms with Crippen LogP contribution in [0.3, 0.4) is 0 Å². The molecule has 2 heterocycles. The Balaban J connectivity index is 0.00000181. The topological polar surface area (TPSA) is 6.48 Å². The maximum absolute atomic E-state index is 4.23. The van der Waals surface area contributed by atoms with E-state index in [2.05, 4.69) is 137 Å². The molecule has 2 nitrogen and oxygen atoms in total. The standard InChI is InChI=1S/C36H36N2.C2H6/c1-9-27-31(11-3)37(25-19-15-13-16-20-25)33-24-34-30(23-29(33)35(27,5)6)36(7,8)28(10-2)32(12-4)38(34)26-21-17-14-18-22-26;1-2/h9-24H,1-4H2,5-8H3;1-2H3. The van der Waals surface area contributed by atoms with Crippen LogP contribution in [0.2, 0.25) is 0 Å². The van der Waals surface area contributed by atoms with Crippen molar-refractivity contribution in [1.29, 1.82) is 0 Å². The van der Waals surface area contributed by atoms with Crippen LogP contribution in [-0.4, -0.2) is 0 Å². The molecule has 0 saturated heterocycles. The van der Waals surface area contributed by atoms with Gasteiger partial charge >= 0.3 is 0 Å². The molecule has 2 heteroatoms. The molecule has 0 N–H and O–H groups in total. The summed E-state index contributed by atoms with van der Waals surface area (Å²) < 4.78 is 0. The molecule has 0 bridgehead atoms. The SMILES string of the molecule is C=CC1=C(C=C)C(C)(C)c2cc3c(cc2N1c1ccccc1)N(c1ccccc1)C(C=C)=C(C=C)C3(C)C.CC. The molecule has 204 valence electrons. The number of nitrogens with zero attached hydrogens (tertiary/aromatic N) is 2. The zero-order valence-electron chi connectivity index (χ0n) is 25.0. The van der Waals surface area contributed by atoms with Crippen molar-refractivity contribution in [2.45, 2.75) is 52.4 Å². The predicted molar refractivity (Wildman–Crippen MR) is 176 cm³/mol. The van der Waals surface area contributed by atoms with Crippen LogP contribution in [-0.2, 0) is 10.8 Å². The first-order chi connectivity index (χ1) is 19.2. The van der Waals surface area contributed by atoms with Gasteiger partial charge in [0.25, 0.3) is 0 Å². The van der Waals surface area contributed by atoms with Gasteiger partial charge < -0.3 is 9.80 Å². The van der Waals surface area contributed by atoms with Gasteiger partial charge in [-0.1, -0.05) is 116 Å². The van der Waals surface area contributed by atoms with Gasteiger partial charge in [0.15, 0.2) is 0 Å². The number of rotatable bonds is 6. The van der Waals surface area contributed by atoms with Crippen LogP contribution in [0.15, 0.2) is 146 Å². The fraction of sp³-hybridized carbons (Fsp3) is 0.211. The lowest BCUT2D eigenvalue weighted by Crippen LogP contribution is -2.37. The van der Waals surface area contributed by atoms with E-state index in [-0.39, 0.29) is 10.8 Å². The van der Waals surface area contributed by atoms with Crippen molar-refractivity contribution in [3.63, 3.8) is 0 Å². The van der Waals surface area contributed by atoms with E-state index in [0.29, 0.717) is 0 Å². The molecule has 0 atom stereocenters. The second-order valence-electron chi connectivity index (χ2n) is 10.9. The van der Waals surface area contributed by atoms with E-state index in [1.807, 2.05) is 38.2 Å².